The molecule has 1 aliphatic heterocycles. The molecule has 184 valence electrons. The smallest absolute Gasteiger partial charge is 0.254 e. The fraction of sp³-hybridized carbons (Fsp3) is 0.286. The van der Waals surface area contributed by atoms with E-state index < -0.39 is 0 Å². The summed E-state index contributed by atoms with van der Waals surface area (Å²) in [6.45, 7) is 5.04. The molecule has 3 aromatic carbocycles. The van der Waals surface area contributed by atoms with Gasteiger partial charge in [0.05, 0.1) is 18.6 Å². The van der Waals surface area contributed by atoms with Crippen molar-refractivity contribution in [1.82, 2.24) is 14.9 Å². The first-order chi connectivity index (χ1) is 16.2. The van der Waals surface area contributed by atoms with Crippen molar-refractivity contribution in [3.05, 3.63) is 95.6 Å². The standard InChI is InChI=1S/C28H30N4O.2ClH/c1-2-3-7-21-12-13-27-23(16-21)18-32(15-14-31(27)19-24-17-29-20-30-24)28(33)26-11-6-9-22-8-4-5-10-25(22)26;;/h4-6,8-13,16-17,20H,2-3,7,14-15,18-19H2,1H3,(H,29,30);2*1H. The van der Waals surface area contributed by atoms with Gasteiger partial charge in [-0.25, -0.2) is 4.98 Å². The fourth-order valence-corrected chi connectivity index (χ4v) is 4.75. The van der Waals surface area contributed by atoms with Crippen molar-refractivity contribution in [1.29, 1.82) is 0 Å². The van der Waals surface area contributed by atoms with Gasteiger partial charge in [-0.1, -0.05) is 61.9 Å². The van der Waals surface area contributed by atoms with Crippen LogP contribution in [0.15, 0.2) is 73.2 Å². The maximum absolute atomic E-state index is 13.7. The molecule has 7 heteroatoms. The van der Waals surface area contributed by atoms with Crippen LogP contribution in [0.3, 0.4) is 0 Å². The second-order valence-electron chi connectivity index (χ2n) is 8.82. The van der Waals surface area contributed by atoms with E-state index in [1.54, 1.807) is 6.33 Å². The lowest BCUT2D eigenvalue weighted by molar-refractivity contribution is 0.0753. The van der Waals surface area contributed by atoms with E-state index >= 15 is 0 Å². The number of H-pyrrole nitrogens is 1. The average Bonchev–Trinajstić information content (AvgIpc) is 3.30. The van der Waals surface area contributed by atoms with Crippen molar-refractivity contribution < 1.29 is 4.79 Å². The van der Waals surface area contributed by atoms with Crippen LogP contribution in [0.5, 0.6) is 0 Å². The van der Waals surface area contributed by atoms with Gasteiger partial charge in [-0.15, -0.1) is 24.8 Å². The van der Waals surface area contributed by atoms with Crippen LogP contribution in [0.1, 0.15) is 46.9 Å². The molecule has 1 amide bonds. The normalized spacial score (nSPS) is 12.9. The van der Waals surface area contributed by atoms with E-state index in [9.17, 15) is 4.79 Å². The van der Waals surface area contributed by atoms with Gasteiger partial charge < -0.3 is 14.8 Å². The number of aromatic amines is 1. The number of aryl methyl sites for hydroxylation is 1. The number of anilines is 1. The Morgan fingerprint density at radius 1 is 1.03 bits per heavy atom. The van der Waals surface area contributed by atoms with E-state index in [1.807, 2.05) is 41.4 Å². The molecule has 0 spiro atoms. The number of hydrogen-bond donors (Lipinski definition) is 1. The van der Waals surface area contributed by atoms with E-state index in [1.165, 1.54) is 29.7 Å². The summed E-state index contributed by atoms with van der Waals surface area (Å²) in [5, 5.41) is 2.11. The van der Waals surface area contributed by atoms with Crippen molar-refractivity contribution in [2.24, 2.45) is 0 Å². The molecule has 0 saturated heterocycles. The highest BCUT2D eigenvalue weighted by Crippen LogP contribution is 2.30. The summed E-state index contributed by atoms with van der Waals surface area (Å²) in [5.41, 5.74) is 5.62. The van der Waals surface area contributed by atoms with Crippen molar-refractivity contribution in [2.45, 2.75) is 39.3 Å². The summed E-state index contributed by atoms with van der Waals surface area (Å²) in [4.78, 5) is 25.5. The topological polar surface area (TPSA) is 52.2 Å². The maximum Gasteiger partial charge on any atom is 0.254 e. The Balaban J connectivity index is 0.00000171. The molecule has 0 saturated carbocycles. The summed E-state index contributed by atoms with van der Waals surface area (Å²) < 4.78 is 0. The lowest BCUT2D eigenvalue weighted by Gasteiger charge is -2.24. The number of fused-ring (bicyclic) bond motifs is 2. The first-order valence-corrected chi connectivity index (χ1v) is 11.8. The number of nitrogens with one attached hydrogen (secondary N) is 1. The molecule has 4 aromatic rings. The summed E-state index contributed by atoms with van der Waals surface area (Å²) in [6, 6.07) is 20.9. The molecule has 0 bridgehead atoms. The van der Waals surface area contributed by atoms with Gasteiger partial charge in [0, 0.05) is 37.1 Å². The monoisotopic (exact) mass is 510 g/mol. The minimum Gasteiger partial charge on any atom is -0.364 e. The Labute approximate surface area is 219 Å². The third-order valence-electron chi connectivity index (χ3n) is 6.53. The predicted molar refractivity (Wildman–Crippen MR) is 148 cm³/mol. The number of imidazole rings is 1. The van der Waals surface area contributed by atoms with Gasteiger partial charge in [-0.05, 0) is 46.9 Å². The fourth-order valence-electron chi connectivity index (χ4n) is 4.75. The van der Waals surface area contributed by atoms with Crippen LogP contribution in [0, 0.1) is 0 Å². The number of aromatic nitrogens is 2. The summed E-state index contributed by atoms with van der Waals surface area (Å²) >= 11 is 0. The van der Waals surface area contributed by atoms with Crippen LogP contribution >= 0.6 is 24.8 Å². The van der Waals surface area contributed by atoms with Crippen molar-refractivity contribution >= 4 is 47.2 Å². The van der Waals surface area contributed by atoms with Gasteiger partial charge in [-0.3, -0.25) is 4.79 Å². The van der Waals surface area contributed by atoms with Gasteiger partial charge in [-0.2, -0.15) is 0 Å². The highest BCUT2D eigenvalue weighted by Gasteiger charge is 2.25. The van der Waals surface area contributed by atoms with Crippen LogP contribution in [0.2, 0.25) is 0 Å². The summed E-state index contributed by atoms with van der Waals surface area (Å²) in [6.07, 6.45) is 7.02. The molecule has 1 N–H and O–H groups in total. The molecule has 0 atom stereocenters. The number of unbranched alkanes of at least 4 members (excludes halogenated alkanes) is 1. The van der Waals surface area contributed by atoms with Crippen molar-refractivity contribution in [3.63, 3.8) is 0 Å². The molecular weight excluding hydrogens is 479 g/mol. The lowest BCUT2D eigenvalue weighted by Crippen LogP contribution is -2.35. The molecule has 1 aliphatic rings. The second-order valence-corrected chi connectivity index (χ2v) is 8.82. The zero-order valence-electron chi connectivity index (χ0n) is 19.9. The van der Waals surface area contributed by atoms with E-state index in [2.05, 4.69) is 52.1 Å². The van der Waals surface area contributed by atoms with E-state index in [4.69, 9.17) is 0 Å². The minimum absolute atomic E-state index is 0. The summed E-state index contributed by atoms with van der Waals surface area (Å²) in [5.74, 6) is 0.0973. The molecular formula is C28H32Cl2N4O. The second kappa shape index (κ2) is 12.1. The number of carbonyl (C=O) groups excluding carboxylic acids is 1. The largest absolute Gasteiger partial charge is 0.364 e. The Kier molecular flexibility index (Phi) is 9.19. The van der Waals surface area contributed by atoms with Gasteiger partial charge in [0.15, 0.2) is 0 Å². The van der Waals surface area contributed by atoms with Gasteiger partial charge in [0.2, 0.25) is 0 Å². The molecule has 0 aliphatic carbocycles. The number of amides is 1. The van der Waals surface area contributed by atoms with E-state index in [0.717, 1.165) is 41.5 Å². The number of nitrogens with zero attached hydrogens (tertiary/aromatic N) is 3. The van der Waals surface area contributed by atoms with E-state index in [-0.39, 0.29) is 30.7 Å². The van der Waals surface area contributed by atoms with E-state index in [0.29, 0.717) is 13.1 Å². The van der Waals surface area contributed by atoms with Gasteiger partial charge in [0.25, 0.3) is 5.91 Å². The zero-order valence-corrected chi connectivity index (χ0v) is 21.6. The third kappa shape index (κ3) is 5.80. The molecule has 0 unspecified atom stereocenters. The molecule has 5 rings (SSSR count). The maximum atomic E-state index is 13.7. The first-order valence-electron chi connectivity index (χ1n) is 11.8. The Morgan fingerprint density at radius 3 is 2.66 bits per heavy atom. The average molecular weight is 511 g/mol. The number of benzene rings is 3. The third-order valence-corrected chi connectivity index (χ3v) is 6.53. The molecule has 1 aromatic heterocycles. The van der Waals surface area contributed by atoms with Crippen LogP contribution in [0.25, 0.3) is 10.8 Å². The molecule has 5 nitrogen and oxygen atoms in total. The van der Waals surface area contributed by atoms with Crippen molar-refractivity contribution in [3.8, 4) is 0 Å². The SMILES string of the molecule is CCCCc1ccc2c(c1)CN(C(=O)c1cccc3ccccc13)CCN2Cc1cnc[nH]1.Cl.Cl. The Bertz CT molecular complexity index is 1250. The number of carbonyl (C=O) groups is 1. The van der Waals surface area contributed by atoms with Crippen molar-refractivity contribution in [2.75, 3.05) is 18.0 Å². The number of rotatable bonds is 6. The van der Waals surface area contributed by atoms with Crippen LogP contribution in [-0.4, -0.2) is 33.9 Å². The highest BCUT2D eigenvalue weighted by atomic mass is 35.5. The molecule has 0 radical (unpaired) electrons. The quantitative estimate of drug-likeness (QED) is 0.325. The first kappa shape index (κ1) is 26.6. The molecule has 2 heterocycles. The zero-order chi connectivity index (χ0) is 22.6. The highest BCUT2D eigenvalue weighted by molar-refractivity contribution is 6.07. The number of halogens is 2. The summed E-state index contributed by atoms with van der Waals surface area (Å²) in [7, 11) is 0. The Hall–Kier alpha value is -3.02. The lowest BCUT2D eigenvalue weighted by atomic mass is 10.0. The van der Waals surface area contributed by atoms with Crippen LogP contribution < -0.4 is 4.90 Å². The molecule has 35 heavy (non-hydrogen) atoms. The van der Waals surface area contributed by atoms with Gasteiger partial charge >= 0.3 is 0 Å². The van der Waals surface area contributed by atoms with Crippen LogP contribution in [0.4, 0.5) is 5.69 Å². The molecule has 0 fully saturated rings. The van der Waals surface area contributed by atoms with Gasteiger partial charge in [0.1, 0.15) is 0 Å². The van der Waals surface area contributed by atoms with Crippen LogP contribution in [-0.2, 0) is 19.5 Å². The Morgan fingerprint density at radius 2 is 1.86 bits per heavy atom. The predicted octanol–water partition coefficient (Wildman–Crippen LogP) is 6.41. The number of hydrogen-bond acceptors (Lipinski definition) is 3. The minimum atomic E-state index is 0.